The van der Waals surface area contributed by atoms with Crippen molar-refractivity contribution in [3.05, 3.63) is 92.7 Å². The molecule has 186 valence electrons. The molecule has 0 aliphatic rings. The van der Waals surface area contributed by atoms with Gasteiger partial charge in [0.15, 0.2) is 5.82 Å². The van der Waals surface area contributed by atoms with Crippen molar-refractivity contribution in [2.45, 2.75) is 60.7 Å². The monoisotopic (exact) mass is 485 g/mol. The smallest absolute Gasteiger partial charge is 0.264 e. The van der Waals surface area contributed by atoms with Gasteiger partial charge >= 0.3 is 0 Å². The third-order valence-corrected chi connectivity index (χ3v) is 5.98. The van der Waals surface area contributed by atoms with Crippen LogP contribution in [0.3, 0.4) is 0 Å². The summed E-state index contributed by atoms with van der Waals surface area (Å²) in [5.74, 6) is 1.14. The molecular formula is C28H31N5O3. The van der Waals surface area contributed by atoms with Crippen LogP contribution >= 0.6 is 0 Å². The Hall–Kier alpha value is -3.91. The van der Waals surface area contributed by atoms with Gasteiger partial charge in [-0.15, -0.1) is 0 Å². The number of aliphatic hydroxyl groups is 1. The van der Waals surface area contributed by atoms with Crippen molar-refractivity contribution in [3.8, 4) is 22.8 Å². The zero-order valence-corrected chi connectivity index (χ0v) is 21.7. The van der Waals surface area contributed by atoms with Crippen LogP contribution in [-0.2, 0) is 12.2 Å². The van der Waals surface area contributed by atoms with Gasteiger partial charge in [-0.2, -0.15) is 4.98 Å². The Bertz CT molecular complexity index is 1500. The van der Waals surface area contributed by atoms with Crippen molar-refractivity contribution in [2.75, 3.05) is 0 Å². The Morgan fingerprint density at radius 1 is 0.972 bits per heavy atom. The molecular weight excluding hydrogens is 454 g/mol. The number of rotatable bonds is 6. The molecule has 3 heterocycles. The van der Waals surface area contributed by atoms with Crippen LogP contribution in [-0.4, -0.2) is 29.6 Å². The minimum Gasteiger partial charge on any atom is -0.471 e. The number of hydrogen-bond acceptors (Lipinski definition) is 7. The summed E-state index contributed by atoms with van der Waals surface area (Å²) in [5, 5.41) is 10.4. The molecule has 0 fully saturated rings. The van der Waals surface area contributed by atoms with E-state index in [0.29, 0.717) is 34.5 Å². The summed E-state index contributed by atoms with van der Waals surface area (Å²) in [6.07, 6.45) is 1.70. The van der Waals surface area contributed by atoms with E-state index in [-0.39, 0.29) is 12.2 Å². The highest BCUT2D eigenvalue weighted by molar-refractivity contribution is 5.67. The van der Waals surface area contributed by atoms with Crippen LogP contribution in [0.4, 0.5) is 0 Å². The van der Waals surface area contributed by atoms with Gasteiger partial charge in [0, 0.05) is 17.5 Å². The number of pyridine rings is 1. The highest BCUT2D eigenvalue weighted by Crippen LogP contribution is 2.28. The molecule has 0 spiro atoms. The quantitative estimate of drug-likeness (QED) is 0.431. The van der Waals surface area contributed by atoms with E-state index in [1.54, 1.807) is 38.5 Å². The molecule has 4 aromatic rings. The molecule has 8 nitrogen and oxygen atoms in total. The Kier molecular flexibility index (Phi) is 6.73. The highest BCUT2D eigenvalue weighted by Gasteiger charge is 2.22. The normalized spacial score (nSPS) is 11.6. The summed E-state index contributed by atoms with van der Waals surface area (Å²) < 4.78 is 7.48. The molecule has 1 aromatic carbocycles. The predicted octanol–water partition coefficient (Wildman–Crippen LogP) is 4.43. The van der Waals surface area contributed by atoms with E-state index in [1.807, 2.05) is 57.2 Å². The van der Waals surface area contributed by atoms with Gasteiger partial charge in [0.25, 0.3) is 5.56 Å². The lowest BCUT2D eigenvalue weighted by molar-refractivity contribution is 0.0688. The molecule has 0 bridgehead atoms. The van der Waals surface area contributed by atoms with E-state index in [2.05, 4.69) is 19.9 Å². The summed E-state index contributed by atoms with van der Waals surface area (Å²) in [6, 6.07) is 11.5. The Labute approximate surface area is 210 Å². The standard InChI is InChI=1S/C28H31N5O3/c1-16-11-12-21(24-17(2)14-29-27(32-24)28(6,7)35)13-23(16)33-20(5)31-25(19(4)26(33)34)36-15-22-10-8-9-18(3)30-22/h8-14,35H,15H2,1-7H3. The minimum atomic E-state index is -1.17. The molecule has 0 aliphatic carbocycles. The first-order valence-corrected chi connectivity index (χ1v) is 11.8. The summed E-state index contributed by atoms with van der Waals surface area (Å²) in [5.41, 5.74) is 4.71. The summed E-state index contributed by atoms with van der Waals surface area (Å²) in [6.45, 7) is 12.8. The van der Waals surface area contributed by atoms with Gasteiger partial charge in [0.2, 0.25) is 5.88 Å². The van der Waals surface area contributed by atoms with Gasteiger partial charge in [0.05, 0.1) is 22.6 Å². The van der Waals surface area contributed by atoms with Gasteiger partial charge in [-0.25, -0.2) is 9.97 Å². The summed E-state index contributed by atoms with van der Waals surface area (Å²) >= 11 is 0. The number of aromatic nitrogens is 5. The van der Waals surface area contributed by atoms with Crippen molar-refractivity contribution < 1.29 is 9.84 Å². The number of aryl methyl sites for hydroxylation is 4. The van der Waals surface area contributed by atoms with E-state index in [0.717, 1.165) is 28.1 Å². The fourth-order valence-electron chi connectivity index (χ4n) is 3.96. The second kappa shape index (κ2) is 9.62. The maximum atomic E-state index is 13.5. The molecule has 36 heavy (non-hydrogen) atoms. The Morgan fingerprint density at radius 2 is 1.72 bits per heavy atom. The molecule has 0 aliphatic heterocycles. The van der Waals surface area contributed by atoms with Crippen molar-refractivity contribution in [1.82, 2.24) is 24.5 Å². The van der Waals surface area contributed by atoms with Crippen molar-refractivity contribution in [3.63, 3.8) is 0 Å². The number of nitrogens with zero attached hydrogens (tertiary/aromatic N) is 5. The van der Waals surface area contributed by atoms with Gasteiger partial charge in [-0.3, -0.25) is 14.3 Å². The maximum absolute atomic E-state index is 13.5. The van der Waals surface area contributed by atoms with Crippen LogP contribution < -0.4 is 10.3 Å². The van der Waals surface area contributed by atoms with E-state index < -0.39 is 5.60 Å². The van der Waals surface area contributed by atoms with Crippen molar-refractivity contribution in [1.29, 1.82) is 0 Å². The molecule has 1 N–H and O–H groups in total. The lowest BCUT2D eigenvalue weighted by atomic mass is 10.0. The second-order valence-electron chi connectivity index (χ2n) is 9.57. The largest absolute Gasteiger partial charge is 0.471 e. The van der Waals surface area contributed by atoms with Gasteiger partial charge in [-0.1, -0.05) is 18.2 Å². The van der Waals surface area contributed by atoms with Crippen LogP contribution in [0.1, 0.15) is 53.6 Å². The fraction of sp³-hybridized carbons (Fsp3) is 0.321. The SMILES string of the molecule is Cc1cccc(COc2nc(C)n(-c3cc(-c4nc(C(C)(C)O)ncc4C)ccc3C)c(=O)c2C)n1. The van der Waals surface area contributed by atoms with E-state index >= 15 is 0 Å². The zero-order chi connectivity index (χ0) is 26.2. The number of hydrogen-bond donors (Lipinski definition) is 1. The van der Waals surface area contributed by atoms with Crippen molar-refractivity contribution in [2.24, 2.45) is 0 Å². The van der Waals surface area contributed by atoms with Crippen LogP contribution in [0.5, 0.6) is 5.88 Å². The average molecular weight is 486 g/mol. The average Bonchev–Trinajstić information content (AvgIpc) is 2.81. The van der Waals surface area contributed by atoms with Gasteiger partial charge in [0.1, 0.15) is 18.0 Å². The lowest BCUT2D eigenvalue weighted by Gasteiger charge is -2.19. The molecule has 0 unspecified atom stereocenters. The van der Waals surface area contributed by atoms with Crippen LogP contribution in [0, 0.1) is 34.6 Å². The van der Waals surface area contributed by atoms with Gasteiger partial charge in [-0.05, 0) is 77.8 Å². The molecule has 4 rings (SSSR count). The predicted molar refractivity (Wildman–Crippen MR) is 138 cm³/mol. The lowest BCUT2D eigenvalue weighted by Crippen LogP contribution is -2.26. The van der Waals surface area contributed by atoms with Crippen molar-refractivity contribution >= 4 is 0 Å². The molecule has 8 heteroatoms. The van der Waals surface area contributed by atoms with Crippen LogP contribution in [0.15, 0.2) is 47.4 Å². The molecule has 0 radical (unpaired) electrons. The first-order valence-electron chi connectivity index (χ1n) is 11.8. The van der Waals surface area contributed by atoms with Crippen LogP contribution in [0.2, 0.25) is 0 Å². The maximum Gasteiger partial charge on any atom is 0.264 e. The third-order valence-electron chi connectivity index (χ3n) is 5.98. The minimum absolute atomic E-state index is 0.202. The topological polar surface area (TPSA) is 103 Å². The second-order valence-corrected chi connectivity index (χ2v) is 9.57. The fourth-order valence-corrected chi connectivity index (χ4v) is 3.96. The van der Waals surface area contributed by atoms with E-state index in [4.69, 9.17) is 4.74 Å². The molecule has 0 atom stereocenters. The molecule has 0 saturated heterocycles. The molecule has 0 saturated carbocycles. The number of ether oxygens (including phenoxy) is 1. The molecule has 0 amide bonds. The summed E-state index contributed by atoms with van der Waals surface area (Å²) in [7, 11) is 0. The molecule has 3 aromatic heterocycles. The first-order chi connectivity index (χ1) is 17.0. The highest BCUT2D eigenvalue weighted by atomic mass is 16.5. The van der Waals surface area contributed by atoms with E-state index in [1.165, 1.54) is 0 Å². The van der Waals surface area contributed by atoms with E-state index in [9.17, 15) is 9.90 Å². The number of benzene rings is 1. The third kappa shape index (κ3) is 5.04. The van der Waals surface area contributed by atoms with Gasteiger partial charge < -0.3 is 9.84 Å². The first kappa shape index (κ1) is 25.2. The Morgan fingerprint density at radius 3 is 2.42 bits per heavy atom. The Balaban J connectivity index is 1.75. The van der Waals surface area contributed by atoms with Crippen LogP contribution in [0.25, 0.3) is 16.9 Å². The summed E-state index contributed by atoms with van der Waals surface area (Å²) in [4.78, 5) is 31.5. The zero-order valence-electron chi connectivity index (χ0n) is 21.7.